The lowest BCUT2D eigenvalue weighted by Gasteiger charge is -2.11. The number of urea groups is 1. The Kier molecular flexibility index (Phi) is 6.88. The van der Waals surface area contributed by atoms with Crippen molar-refractivity contribution in [2.45, 2.75) is 13.3 Å². The molecule has 2 amide bonds. The quantitative estimate of drug-likeness (QED) is 0.748. The Hall–Kier alpha value is -2.27. The Morgan fingerprint density at radius 3 is 2.67 bits per heavy atom. The number of carbonyl (C=O) groups excluding carboxylic acids is 1. The van der Waals surface area contributed by atoms with E-state index in [1.165, 1.54) is 6.07 Å². The van der Waals surface area contributed by atoms with Crippen LogP contribution in [0.2, 0.25) is 5.02 Å². The summed E-state index contributed by atoms with van der Waals surface area (Å²) in [4.78, 5) is 11.7. The van der Waals surface area contributed by atoms with Gasteiger partial charge in [-0.05, 0) is 48.7 Å². The molecule has 128 valence electrons. The summed E-state index contributed by atoms with van der Waals surface area (Å²) < 4.78 is 19.0. The highest BCUT2D eigenvalue weighted by Crippen LogP contribution is 2.21. The van der Waals surface area contributed by atoms with Crippen molar-refractivity contribution < 1.29 is 13.9 Å². The molecule has 0 fully saturated rings. The van der Waals surface area contributed by atoms with Gasteiger partial charge >= 0.3 is 6.03 Å². The van der Waals surface area contributed by atoms with E-state index in [2.05, 4.69) is 10.6 Å². The molecular weight excluding hydrogens is 331 g/mol. The minimum absolute atomic E-state index is 0.258. The number of hydrogen-bond acceptors (Lipinski definition) is 2. The monoisotopic (exact) mass is 350 g/mol. The van der Waals surface area contributed by atoms with Crippen LogP contribution in [0.4, 0.5) is 9.18 Å². The standard InChI is InChI=1S/C18H20ClFN2O2/c1-13-12-15(19)6-7-17(13)24-11-10-22-18(23)21-9-8-14-4-2-3-5-16(14)20/h2-7,12H,8-11H2,1H3,(H2,21,22,23). The third kappa shape index (κ3) is 5.74. The SMILES string of the molecule is Cc1cc(Cl)ccc1OCCNC(=O)NCCc1ccccc1F. The number of aryl methyl sites for hydroxylation is 1. The maximum atomic E-state index is 13.4. The summed E-state index contributed by atoms with van der Waals surface area (Å²) in [7, 11) is 0. The third-order valence-electron chi connectivity index (χ3n) is 3.42. The average molecular weight is 351 g/mol. The highest BCUT2D eigenvalue weighted by Gasteiger charge is 2.04. The first kappa shape index (κ1) is 18.1. The number of halogens is 2. The van der Waals surface area contributed by atoms with Crippen molar-refractivity contribution in [2.75, 3.05) is 19.7 Å². The fraction of sp³-hybridized carbons (Fsp3) is 0.278. The molecule has 2 aromatic rings. The van der Waals surface area contributed by atoms with Crippen molar-refractivity contribution in [3.05, 3.63) is 64.4 Å². The topological polar surface area (TPSA) is 50.4 Å². The molecule has 24 heavy (non-hydrogen) atoms. The molecule has 0 heterocycles. The second-order valence-electron chi connectivity index (χ2n) is 5.28. The van der Waals surface area contributed by atoms with Crippen LogP contribution >= 0.6 is 11.6 Å². The third-order valence-corrected chi connectivity index (χ3v) is 3.65. The number of rotatable bonds is 7. The van der Waals surface area contributed by atoms with Gasteiger partial charge in [-0.25, -0.2) is 9.18 Å². The molecule has 0 bridgehead atoms. The molecule has 6 heteroatoms. The summed E-state index contributed by atoms with van der Waals surface area (Å²) in [6.07, 6.45) is 0.445. The lowest BCUT2D eigenvalue weighted by Crippen LogP contribution is -2.38. The lowest BCUT2D eigenvalue weighted by molar-refractivity contribution is 0.236. The van der Waals surface area contributed by atoms with E-state index in [1.54, 1.807) is 30.3 Å². The number of carbonyl (C=O) groups is 1. The van der Waals surface area contributed by atoms with E-state index in [-0.39, 0.29) is 11.8 Å². The summed E-state index contributed by atoms with van der Waals surface area (Å²) >= 11 is 5.88. The summed E-state index contributed by atoms with van der Waals surface area (Å²) in [5, 5.41) is 6.04. The Bertz CT molecular complexity index is 694. The van der Waals surface area contributed by atoms with Crippen LogP contribution in [-0.2, 0) is 6.42 Å². The van der Waals surface area contributed by atoms with Gasteiger partial charge in [0.1, 0.15) is 18.2 Å². The maximum Gasteiger partial charge on any atom is 0.314 e. The summed E-state index contributed by atoms with van der Waals surface area (Å²) in [5.41, 5.74) is 1.52. The number of hydrogen-bond donors (Lipinski definition) is 2. The van der Waals surface area contributed by atoms with Crippen molar-refractivity contribution in [3.8, 4) is 5.75 Å². The number of benzene rings is 2. The molecule has 0 aliphatic carbocycles. The van der Waals surface area contributed by atoms with Gasteiger partial charge in [0.15, 0.2) is 0 Å². The number of nitrogens with one attached hydrogen (secondary N) is 2. The van der Waals surface area contributed by atoms with E-state index >= 15 is 0 Å². The van der Waals surface area contributed by atoms with Crippen molar-refractivity contribution in [2.24, 2.45) is 0 Å². The normalized spacial score (nSPS) is 10.3. The van der Waals surface area contributed by atoms with Crippen LogP contribution < -0.4 is 15.4 Å². The molecule has 2 N–H and O–H groups in total. The van der Waals surface area contributed by atoms with E-state index in [1.807, 2.05) is 13.0 Å². The highest BCUT2D eigenvalue weighted by atomic mass is 35.5. The highest BCUT2D eigenvalue weighted by molar-refractivity contribution is 6.30. The van der Waals surface area contributed by atoms with E-state index < -0.39 is 0 Å². The number of ether oxygens (including phenoxy) is 1. The predicted octanol–water partition coefficient (Wildman–Crippen LogP) is 3.71. The number of amides is 2. The Labute approximate surface area is 146 Å². The second kappa shape index (κ2) is 9.13. The largest absolute Gasteiger partial charge is 0.491 e. The predicted molar refractivity (Wildman–Crippen MR) is 93.2 cm³/mol. The molecule has 2 rings (SSSR count). The summed E-state index contributed by atoms with van der Waals surface area (Å²) in [6, 6.07) is 11.6. The van der Waals surface area contributed by atoms with E-state index in [0.29, 0.717) is 36.7 Å². The molecule has 0 aliphatic rings. The molecule has 0 aromatic heterocycles. The van der Waals surface area contributed by atoms with E-state index in [4.69, 9.17) is 16.3 Å². The molecular formula is C18H20ClFN2O2. The van der Waals surface area contributed by atoms with Gasteiger partial charge in [-0.2, -0.15) is 0 Å². The first-order valence-electron chi connectivity index (χ1n) is 7.70. The molecule has 0 aliphatic heterocycles. The van der Waals surface area contributed by atoms with Crippen molar-refractivity contribution in [1.82, 2.24) is 10.6 Å². The minimum Gasteiger partial charge on any atom is -0.491 e. The van der Waals surface area contributed by atoms with Crippen LogP contribution in [0.25, 0.3) is 0 Å². The van der Waals surface area contributed by atoms with Gasteiger partial charge in [0.25, 0.3) is 0 Å². The smallest absolute Gasteiger partial charge is 0.314 e. The van der Waals surface area contributed by atoms with E-state index in [0.717, 1.165) is 11.3 Å². The zero-order valence-corrected chi connectivity index (χ0v) is 14.2. The van der Waals surface area contributed by atoms with Gasteiger partial charge in [-0.3, -0.25) is 0 Å². The van der Waals surface area contributed by atoms with Gasteiger partial charge in [0.05, 0.1) is 6.54 Å². The van der Waals surface area contributed by atoms with Crippen molar-refractivity contribution in [1.29, 1.82) is 0 Å². The molecule has 0 saturated heterocycles. The second-order valence-corrected chi connectivity index (χ2v) is 5.72. The molecule has 4 nitrogen and oxygen atoms in total. The molecule has 0 saturated carbocycles. The Morgan fingerprint density at radius 2 is 1.92 bits per heavy atom. The van der Waals surface area contributed by atoms with Crippen LogP contribution in [0.15, 0.2) is 42.5 Å². The van der Waals surface area contributed by atoms with Gasteiger partial charge in [0.2, 0.25) is 0 Å². The minimum atomic E-state index is -0.303. The van der Waals surface area contributed by atoms with Crippen LogP contribution in [0.5, 0.6) is 5.75 Å². The van der Waals surface area contributed by atoms with Crippen LogP contribution in [0, 0.1) is 12.7 Å². The summed E-state index contributed by atoms with van der Waals surface area (Å²) in [5.74, 6) is 0.479. The molecule has 0 radical (unpaired) electrons. The molecule has 0 spiro atoms. The molecule has 2 aromatic carbocycles. The van der Waals surface area contributed by atoms with Crippen molar-refractivity contribution in [3.63, 3.8) is 0 Å². The Balaban J connectivity index is 1.62. The first-order valence-corrected chi connectivity index (χ1v) is 8.08. The zero-order chi connectivity index (χ0) is 17.4. The fourth-order valence-electron chi connectivity index (χ4n) is 2.17. The van der Waals surface area contributed by atoms with E-state index in [9.17, 15) is 9.18 Å². The molecule has 0 atom stereocenters. The van der Waals surface area contributed by atoms with Crippen LogP contribution in [0.3, 0.4) is 0 Å². The van der Waals surface area contributed by atoms with Gasteiger partial charge < -0.3 is 15.4 Å². The van der Waals surface area contributed by atoms with Gasteiger partial charge in [-0.15, -0.1) is 0 Å². The van der Waals surface area contributed by atoms with Gasteiger partial charge in [-0.1, -0.05) is 29.8 Å². The molecule has 0 unspecified atom stereocenters. The van der Waals surface area contributed by atoms with Gasteiger partial charge in [0, 0.05) is 11.6 Å². The maximum absolute atomic E-state index is 13.4. The van der Waals surface area contributed by atoms with Crippen LogP contribution in [-0.4, -0.2) is 25.7 Å². The Morgan fingerprint density at radius 1 is 1.17 bits per heavy atom. The first-order chi connectivity index (χ1) is 11.6. The van der Waals surface area contributed by atoms with Crippen LogP contribution in [0.1, 0.15) is 11.1 Å². The summed E-state index contributed by atoms with van der Waals surface area (Å²) in [6.45, 7) is 2.99. The zero-order valence-electron chi connectivity index (χ0n) is 13.4. The fourth-order valence-corrected chi connectivity index (χ4v) is 2.40. The lowest BCUT2D eigenvalue weighted by atomic mass is 10.1. The average Bonchev–Trinajstić information content (AvgIpc) is 2.55. The van der Waals surface area contributed by atoms with Crippen molar-refractivity contribution >= 4 is 17.6 Å².